The lowest BCUT2D eigenvalue weighted by Gasteiger charge is -2.33. The monoisotopic (exact) mass is 335 g/mol. The summed E-state index contributed by atoms with van der Waals surface area (Å²) in [6.45, 7) is 4.40. The first kappa shape index (κ1) is 15.9. The normalized spacial score (nSPS) is 19.0. The number of anilines is 1. The minimum Gasteiger partial charge on any atom is -0.355 e. The van der Waals surface area contributed by atoms with Crippen LogP contribution in [0.15, 0.2) is 29.6 Å². The molecule has 1 aliphatic heterocycles. The van der Waals surface area contributed by atoms with Gasteiger partial charge < -0.3 is 9.47 Å². The Kier molecular flexibility index (Phi) is 4.34. The van der Waals surface area contributed by atoms with Gasteiger partial charge in [-0.25, -0.2) is 13.4 Å². The molecule has 1 saturated heterocycles. The Bertz CT molecular complexity index is 787. The zero-order valence-corrected chi connectivity index (χ0v) is 14.2. The van der Waals surface area contributed by atoms with Crippen molar-refractivity contribution in [3.8, 4) is 0 Å². The molecular formula is C15H21N5O2S. The molecule has 0 aliphatic carbocycles. The van der Waals surface area contributed by atoms with Crippen LogP contribution in [0.2, 0.25) is 0 Å². The highest BCUT2D eigenvalue weighted by Crippen LogP contribution is 2.31. The highest BCUT2D eigenvalue weighted by Gasteiger charge is 2.28. The maximum atomic E-state index is 12.0. The number of aryl methyl sites for hydroxylation is 1. The van der Waals surface area contributed by atoms with Crippen LogP contribution in [-0.4, -0.2) is 47.5 Å². The van der Waals surface area contributed by atoms with Crippen LogP contribution in [0, 0.1) is 0 Å². The van der Waals surface area contributed by atoms with Crippen LogP contribution >= 0.6 is 0 Å². The average molecular weight is 335 g/mol. The van der Waals surface area contributed by atoms with Gasteiger partial charge in [-0.05, 0) is 31.9 Å². The largest absolute Gasteiger partial charge is 0.355 e. The van der Waals surface area contributed by atoms with Gasteiger partial charge in [0, 0.05) is 38.0 Å². The van der Waals surface area contributed by atoms with Crippen molar-refractivity contribution in [2.24, 2.45) is 0 Å². The molecule has 2 aromatic rings. The summed E-state index contributed by atoms with van der Waals surface area (Å²) in [6, 6.07) is 3.28. The maximum absolute atomic E-state index is 12.0. The van der Waals surface area contributed by atoms with Crippen molar-refractivity contribution in [2.75, 3.05) is 24.2 Å². The van der Waals surface area contributed by atoms with Gasteiger partial charge in [0.25, 0.3) is 0 Å². The van der Waals surface area contributed by atoms with Gasteiger partial charge in [-0.3, -0.25) is 0 Å². The fraction of sp³-hybridized carbons (Fsp3) is 0.533. The van der Waals surface area contributed by atoms with E-state index in [0.717, 1.165) is 31.8 Å². The first-order valence-electron chi connectivity index (χ1n) is 7.78. The molecule has 124 valence electrons. The van der Waals surface area contributed by atoms with Crippen molar-refractivity contribution in [1.82, 2.24) is 19.7 Å². The van der Waals surface area contributed by atoms with E-state index >= 15 is 0 Å². The molecule has 1 unspecified atom stereocenters. The number of hydrogen-bond donors (Lipinski definition) is 0. The SMILES string of the molecule is CCn1cnnc1C1CCCN(c2ncccc2S(C)(=O)=O)C1. The number of piperidine rings is 1. The summed E-state index contributed by atoms with van der Waals surface area (Å²) in [5.74, 6) is 1.75. The van der Waals surface area contributed by atoms with Crippen LogP contribution < -0.4 is 4.90 Å². The molecule has 0 aromatic carbocycles. The molecule has 1 aliphatic rings. The molecule has 1 fully saturated rings. The summed E-state index contributed by atoms with van der Waals surface area (Å²) in [5.41, 5.74) is 0. The van der Waals surface area contributed by atoms with E-state index in [0.29, 0.717) is 12.4 Å². The number of hydrogen-bond acceptors (Lipinski definition) is 6. The molecule has 0 amide bonds. The molecule has 0 radical (unpaired) electrons. The molecular weight excluding hydrogens is 314 g/mol. The van der Waals surface area contributed by atoms with E-state index in [-0.39, 0.29) is 10.8 Å². The fourth-order valence-electron chi connectivity index (χ4n) is 3.11. The predicted octanol–water partition coefficient (Wildman–Crippen LogP) is 1.48. The minimum absolute atomic E-state index is 0.237. The summed E-state index contributed by atoms with van der Waals surface area (Å²) < 4.78 is 26.1. The molecule has 3 heterocycles. The Labute approximate surface area is 136 Å². The standard InChI is InChI=1S/C15H21N5O2S/c1-3-19-11-17-18-14(19)12-6-5-9-20(10-12)15-13(23(2,21)22)7-4-8-16-15/h4,7-8,11-12H,3,5-6,9-10H2,1-2H3. The van der Waals surface area contributed by atoms with E-state index < -0.39 is 9.84 Å². The summed E-state index contributed by atoms with van der Waals surface area (Å²) in [5, 5.41) is 8.26. The Hall–Kier alpha value is -1.96. The molecule has 23 heavy (non-hydrogen) atoms. The number of pyridine rings is 1. The molecule has 2 aromatic heterocycles. The zero-order chi connectivity index (χ0) is 16.4. The Morgan fingerprint density at radius 2 is 2.22 bits per heavy atom. The highest BCUT2D eigenvalue weighted by atomic mass is 32.2. The van der Waals surface area contributed by atoms with Crippen LogP contribution in [0.5, 0.6) is 0 Å². The third kappa shape index (κ3) is 3.21. The summed E-state index contributed by atoms with van der Waals surface area (Å²) >= 11 is 0. The summed E-state index contributed by atoms with van der Waals surface area (Å²) in [7, 11) is -3.30. The molecule has 1 atom stereocenters. The second-order valence-corrected chi connectivity index (χ2v) is 7.84. The van der Waals surface area contributed by atoms with Gasteiger partial charge in [-0.1, -0.05) is 0 Å². The van der Waals surface area contributed by atoms with Crippen LogP contribution in [-0.2, 0) is 16.4 Å². The third-order valence-electron chi connectivity index (χ3n) is 4.22. The summed E-state index contributed by atoms with van der Waals surface area (Å²) in [6.07, 6.45) is 6.61. The number of nitrogens with zero attached hydrogens (tertiary/aromatic N) is 5. The second-order valence-electron chi connectivity index (χ2n) is 5.86. The van der Waals surface area contributed by atoms with E-state index in [9.17, 15) is 8.42 Å². The second kappa shape index (κ2) is 6.27. The lowest BCUT2D eigenvalue weighted by Crippen LogP contribution is -2.36. The van der Waals surface area contributed by atoms with Gasteiger partial charge in [0.2, 0.25) is 0 Å². The van der Waals surface area contributed by atoms with Crippen LogP contribution in [0.1, 0.15) is 31.5 Å². The van der Waals surface area contributed by atoms with E-state index in [2.05, 4.69) is 27.0 Å². The van der Waals surface area contributed by atoms with Gasteiger partial charge >= 0.3 is 0 Å². The van der Waals surface area contributed by atoms with Crippen LogP contribution in [0.3, 0.4) is 0 Å². The fourth-order valence-corrected chi connectivity index (χ4v) is 3.95. The lowest BCUT2D eigenvalue weighted by atomic mass is 9.97. The first-order valence-corrected chi connectivity index (χ1v) is 9.67. The van der Waals surface area contributed by atoms with Crippen molar-refractivity contribution >= 4 is 15.7 Å². The number of aromatic nitrogens is 4. The third-order valence-corrected chi connectivity index (χ3v) is 5.34. The molecule has 3 rings (SSSR count). The Morgan fingerprint density at radius 1 is 1.39 bits per heavy atom. The molecule has 0 N–H and O–H groups in total. The van der Waals surface area contributed by atoms with Gasteiger partial charge in [0.15, 0.2) is 9.84 Å². The van der Waals surface area contributed by atoms with Gasteiger partial charge in [0.05, 0.1) is 0 Å². The van der Waals surface area contributed by atoms with E-state index in [1.807, 2.05) is 4.57 Å². The van der Waals surface area contributed by atoms with E-state index in [4.69, 9.17) is 0 Å². The van der Waals surface area contributed by atoms with Crippen molar-refractivity contribution in [3.63, 3.8) is 0 Å². The molecule has 0 spiro atoms. The topological polar surface area (TPSA) is 81.0 Å². The van der Waals surface area contributed by atoms with Crippen LogP contribution in [0.4, 0.5) is 5.82 Å². The number of sulfone groups is 1. The van der Waals surface area contributed by atoms with Crippen molar-refractivity contribution in [3.05, 3.63) is 30.5 Å². The van der Waals surface area contributed by atoms with Gasteiger partial charge in [-0.15, -0.1) is 10.2 Å². The van der Waals surface area contributed by atoms with Crippen LogP contribution in [0.25, 0.3) is 0 Å². The Morgan fingerprint density at radius 3 is 2.96 bits per heavy atom. The van der Waals surface area contributed by atoms with Crippen molar-refractivity contribution < 1.29 is 8.42 Å². The maximum Gasteiger partial charge on any atom is 0.179 e. The predicted molar refractivity (Wildman–Crippen MR) is 87.2 cm³/mol. The van der Waals surface area contributed by atoms with Crippen molar-refractivity contribution in [1.29, 1.82) is 0 Å². The van der Waals surface area contributed by atoms with Crippen molar-refractivity contribution in [2.45, 2.75) is 37.1 Å². The molecule has 0 bridgehead atoms. The molecule has 7 nitrogen and oxygen atoms in total. The zero-order valence-electron chi connectivity index (χ0n) is 13.4. The highest BCUT2D eigenvalue weighted by molar-refractivity contribution is 7.90. The van der Waals surface area contributed by atoms with E-state index in [1.165, 1.54) is 6.26 Å². The van der Waals surface area contributed by atoms with E-state index in [1.54, 1.807) is 24.7 Å². The quantitative estimate of drug-likeness (QED) is 0.842. The average Bonchev–Trinajstić information content (AvgIpc) is 3.03. The molecule has 8 heteroatoms. The van der Waals surface area contributed by atoms with Gasteiger partial charge in [0.1, 0.15) is 22.9 Å². The number of rotatable bonds is 4. The smallest absolute Gasteiger partial charge is 0.179 e. The minimum atomic E-state index is -3.30. The summed E-state index contributed by atoms with van der Waals surface area (Å²) in [4.78, 5) is 6.68. The first-order chi connectivity index (χ1) is 11.0. The Balaban J connectivity index is 1.91. The molecule has 0 saturated carbocycles. The lowest BCUT2D eigenvalue weighted by molar-refractivity contribution is 0.469. The van der Waals surface area contributed by atoms with Gasteiger partial charge in [-0.2, -0.15) is 0 Å².